The number of carbonyl (C=O) groups is 1. The number of hydrogen-bond donors (Lipinski definition) is 0. The Bertz CT molecular complexity index is 217. The van der Waals surface area contributed by atoms with Crippen molar-refractivity contribution in [3.8, 4) is 0 Å². The summed E-state index contributed by atoms with van der Waals surface area (Å²) >= 11 is 1.93. The van der Waals surface area contributed by atoms with Gasteiger partial charge in [0.2, 0.25) is 0 Å². The maximum absolute atomic E-state index is 11.6. The van der Waals surface area contributed by atoms with E-state index in [1.807, 2.05) is 11.8 Å². The van der Waals surface area contributed by atoms with E-state index in [0.29, 0.717) is 11.0 Å². The molecule has 2 rings (SSSR count). The Morgan fingerprint density at radius 1 is 1.36 bits per heavy atom. The fourth-order valence-electron chi connectivity index (χ4n) is 2.16. The van der Waals surface area contributed by atoms with E-state index >= 15 is 0 Å². The van der Waals surface area contributed by atoms with Crippen molar-refractivity contribution in [2.24, 2.45) is 0 Å². The van der Waals surface area contributed by atoms with Gasteiger partial charge in [0.05, 0.1) is 4.75 Å². The Balaban J connectivity index is 1.90. The van der Waals surface area contributed by atoms with Crippen molar-refractivity contribution in [3.63, 3.8) is 0 Å². The van der Waals surface area contributed by atoms with Gasteiger partial charge in [-0.25, -0.2) is 0 Å². The highest BCUT2D eigenvalue weighted by Gasteiger charge is 2.43. The molecule has 2 aliphatic rings. The molecule has 2 nitrogen and oxygen atoms in total. The van der Waals surface area contributed by atoms with Crippen molar-refractivity contribution < 1.29 is 9.53 Å². The fourth-order valence-corrected chi connectivity index (χ4v) is 3.92. The highest BCUT2D eigenvalue weighted by molar-refractivity contribution is 8.02. The lowest BCUT2D eigenvalue weighted by molar-refractivity contribution is -0.121. The molecular weight excluding hydrogens is 196 g/mol. The van der Waals surface area contributed by atoms with E-state index in [0.717, 1.165) is 38.9 Å². The second-order valence-corrected chi connectivity index (χ2v) is 6.02. The third kappa shape index (κ3) is 1.98. The molecule has 0 aromatic carbocycles. The van der Waals surface area contributed by atoms with Crippen LogP contribution in [-0.4, -0.2) is 29.0 Å². The highest BCUT2D eigenvalue weighted by Crippen LogP contribution is 2.48. The zero-order valence-corrected chi connectivity index (χ0v) is 9.57. The minimum atomic E-state index is 0.00199. The Morgan fingerprint density at radius 2 is 2.00 bits per heavy atom. The minimum Gasteiger partial charge on any atom is -0.381 e. The molecule has 1 saturated heterocycles. The average Bonchev–Trinajstić information content (AvgIpc) is 2.12. The molecule has 1 saturated carbocycles. The fraction of sp³-hybridized carbons (Fsp3) is 0.909. The molecular formula is C11H18O2S. The first-order valence-corrected chi connectivity index (χ1v) is 6.37. The van der Waals surface area contributed by atoms with E-state index < -0.39 is 0 Å². The lowest BCUT2D eigenvalue weighted by atomic mass is 9.81. The van der Waals surface area contributed by atoms with Crippen molar-refractivity contribution >= 4 is 17.5 Å². The van der Waals surface area contributed by atoms with Crippen LogP contribution in [0.4, 0.5) is 0 Å². The van der Waals surface area contributed by atoms with Crippen LogP contribution in [0.25, 0.3) is 0 Å². The zero-order chi connectivity index (χ0) is 10.0. The number of Topliss-reactive ketones (excluding diaryl/α,β-unsaturated/α-hetero) is 1. The molecule has 3 heteroatoms. The van der Waals surface area contributed by atoms with Crippen molar-refractivity contribution in [1.29, 1.82) is 0 Å². The number of ether oxygens (including phenoxy) is 1. The summed E-state index contributed by atoms with van der Waals surface area (Å²) in [5.74, 6) is 0.389. The first kappa shape index (κ1) is 10.5. The van der Waals surface area contributed by atoms with Crippen molar-refractivity contribution in [2.75, 3.05) is 13.2 Å². The van der Waals surface area contributed by atoms with Gasteiger partial charge in [0.15, 0.2) is 0 Å². The van der Waals surface area contributed by atoms with Gasteiger partial charge in [-0.1, -0.05) is 0 Å². The molecule has 1 aliphatic carbocycles. The molecule has 0 amide bonds. The lowest BCUT2D eigenvalue weighted by Crippen LogP contribution is -2.42. The van der Waals surface area contributed by atoms with Crippen LogP contribution >= 0.6 is 11.8 Å². The maximum Gasteiger partial charge on any atom is 0.145 e. The Morgan fingerprint density at radius 3 is 2.43 bits per heavy atom. The molecule has 0 atom stereocenters. The van der Waals surface area contributed by atoms with Crippen LogP contribution in [0.1, 0.15) is 39.0 Å². The van der Waals surface area contributed by atoms with Crippen molar-refractivity contribution in [1.82, 2.24) is 0 Å². The smallest absolute Gasteiger partial charge is 0.145 e. The van der Waals surface area contributed by atoms with Gasteiger partial charge in [0, 0.05) is 18.5 Å². The Hall–Kier alpha value is -0.0200. The van der Waals surface area contributed by atoms with E-state index in [-0.39, 0.29) is 4.75 Å². The topological polar surface area (TPSA) is 26.3 Å². The van der Waals surface area contributed by atoms with E-state index in [4.69, 9.17) is 4.74 Å². The summed E-state index contributed by atoms with van der Waals surface area (Å²) in [7, 11) is 0. The molecule has 1 heterocycles. The quantitative estimate of drug-likeness (QED) is 0.721. The zero-order valence-electron chi connectivity index (χ0n) is 8.75. The molecule has 0 aromatic heterocycles. The van der Waals surface area contributed by atoms with Gasteiger partial charge in [-0.15, -0.1) is 11.8 Å². The van der Waals surface area contributed by atoms with Gasteiger partial charge in [-0.2, -0.15) is 0 Å². The van der Waals surface area contributed by atoms with Gasteiger partial charge in [0.25, 0.3) is 0 Å². The van der Waals surface area contributed by atoms with E-state index in [2.05, 4.69) is 0 Å². The predicted molar refractivity (Wildman–Crippen MR) is 58.7 cm³/mol. The molecule has 2 fully saturated rings. The van der Waals surface area contributed by atoms with Gasteiger partial charge in [-0.05, 0) is 39.0 Å². The highest BCUT2D eigenvalue weighted by atomic mass is 32.2. The predicted octanol–water partition coefficient (Wildman–Crippen LogP) is 2.41. The van der Waals surface area contributed by atoms with Crippen LogP contribution in [-0.2, 0) is 9.53 Å². The number of hydrogen-bond acceptors (Lipinski definition) is 3. The number of rotatable bonds is 3. The van der Waals surface area contributed by atoms with E-state index in [9.17, 15) is 4.79 Å². The van der Waals surface area contributed by atoms with Crippen LogP contribution in [0.2, 0.25) is 0 Å². The second-order valence-electron chi connectivity index (χ2n) is 4.33. The Labute approximate surface area is 89.8 Å². The first-order chi connectivity index (χ1) is 6.73. The standard InChI is InChI=1S/C11H18O2S/c1-9(12)11(5-2-6-11)14-10-3-7-13-8-4-10/h10H,2-8H2,1H3. The molecule has 1 aliphatic heterocycles. The normalized spacial score (nSPS) is 26.9. The Kier molecular flexibility index (Phi) is 3.17. The number of ketones is 1. The van der Waals surface area contributed by atoms with Crippen molar-refractivity contribution in [3.05, 3.63) is 0 Å². The summed E-state index contributed by atoms with van der Waals surface area (Å²) in [4.78, 5) is 11.6. The van der Waals surface area contributed by atoms with Crippen LogP contribution in [0.15, 0.2) is 0 Å². The summed E-state index contributed by atoms with van der Waals surface area (Å²) in [5.41, 5.74) is 0. The summed E-state index contributed by atoms with van der Waals surface area (Å²) in [6.45, 7) is 3.52. The van der Waals surface area contributed by atoms with Gasteiger partial charge < -0.3 is 4.74 Å². The summed E-state index contributed by atoms with van der Waals surface area (Å²) in [5, 5.41) is 0.660. The van der Waals surface area contributed by atoms with Gasteiger partial charge in [-0.3, -0.25) is 4.79 Å². The molecule has 0 N–H and O–H groups in total. The molecule has 0 aromatic rings. The van der Waals surface area contributed by atoms with Gasteiger partial charge >= 0.3 is 0 Å². The van der Waals surface area contributed by atoms with Crippen LogP contribution < -0.4 is 0 Å². The molecule has 14 heavy (non-hydrogen) atoms. The van der Waals surface area contributed by atoms with E-state index in [1.165, 1.54) is 6.42 Å². The summed E-state index contributed by atoms with van der Waals surface area (Å²) in [6.07, 6.45) is 5.68. The largest absolute Gasteiger partial charge is 0.381 e. The molecule has 80 valence electrons. The van der Waals surface area contributed by atoms with Crippen molar-refractivity contribution in [2.45, 2.75) is 49.0 Å². The van der Waals surface area contributed by atoms with Gasteiger partial charge in [0.1, 0.15) is 5.78 Å². The maximum atomic E-state index is 11.6. The van der Waals surface area contributed by atoms with E-state index in [1.54, 1.807) is 6.92 Å². The molecule has 0 bridgehead atoms. The van der Waals surface area contributed by atoms with Crippen LogP contribution in [0, 0.1) is 0 Å². The number of thioether (sulfide) groups is 1. The molecule has 0 spiro atoms. The lowest BCUT2D eigenvalue weighted by Gasteiger charge is -2.42. The third-order valence-electron chi connectivity index (χ3n) is 3.36. The molecule has 0 radical (unpaired) electrons. The van der Waals surface area contributed by atoms with Crippen LogP contribution in [0.3, 0.4) is 0 Å². The second kappa shape index (κ2) is 4.23. The van der Waals surface area contributed by atoms with Crippen LogP contribution in [0.5, 0.6) is 0 Å². The minimum absolute atomic E-state index is 0.00199. The average molecular weight is 214 g/mol. The third-order valence-corrected chi connectivity index (χ3v) is 5.32. The summed E-state index contributed by atoms with van der Waals surface area (Å²) < 4.78 is 5.33. The molecule has 0 unspecified atom stereocenters. The summed E-state index contributed by atoms with van der Waals surface area (Å²) in [6, 6.07) is 0. The first-order valence-electron chi connectivity index (χ1n) is 5.49. The number of carbonyl (C=O) groups excluding carboxylic acids is 1. The monoisotopic (exact) mass is 214 g/mol. The SMILES string of the molecule is CC(=O)C1(SC2CCOCC2)CCC1.